The standard InChI is InChI=1S/C9H10BrNO.C2H6/c1-6-3-8(10)5-9(4-6)11-7(2)12;1-2/h3-5H,1-2H3,(H,11,12);1-2H3. The van der Waals surface area contributed by atoms with Crippen LogP contribution < -0.4 is 5.32 Å². The highest BCUT2D eigenvalue weighted by molar-refractivity contribution is 9.10. The predicted octanol–water partition coefficient (Wildman–Crippen LogP) is 3.74. The molecule has 0 aliphatic carbocycles. The zero-order valence-electron chi connectivity index (χ0n) is 9.02. The summed E-state index contributed by atoms with van der Waals surface area (Å²) in [6.07, 6.45) is 0. The second-order valence-electron chi connectivity index (χ2n) is 2.70. The molecule has 1 N–H and O–H groups in total. The number of carbonyl (C=O) groups is 1. The van der Waals surface area contributed by atoms with Gasteiger partial charge in [-0.1, -0.05) is 29.8 Å². The minimum absolute atomic E-state index is 0.0486. The summed E-state index contributed by atoms with van der Waals surface area (Å²) in [5.74, 6) is -0.0486. The maximum atomic E-state index is 10.7. The van der Waals surface area contributed by atoms with E-state index >= 15 is 0 Å². The van der Waals surface area contributed by atoms with Crippen LogP contribution in [-0.4, -0.2) is 5.91 Å². The van der Waals surface area contributed by atoms with Crippen molar-refractivity contribution in [3.63, 3.8) is 0 Å². The molecule has 0 fully saturated rings. The van der Waals surface area contributed by atoms with E-state index < -0.39 is 0 Å². The van der Waals surface area contributed by atoms with E-state index in [-0.39, 0.29) is 5.91 Å². The lowest BCUT2D eigenvalue weighted by Gasteiger charge is -2.03. The van der Waals surface area contributed by atoms with Crippen molar-refractivity contribution in [2.45, 2.75) is 27.7 Å². The lowest BCUT2D eigenvalue weighted by atomic mass is 10.2. The number of carbonyl (C=O) groups excluding carboxylic acids is 1. The molecule has 0 aliphatic rings. The molecular weight excluding hydrogens is 242 g/mol. The number of benzene rings is 1. The summed E-state index contributed by atoms with van der Waals surface area (Å²) >= 11 is 3.35. The lowest BCUT2D eigenvalue weighted by Crippen LogP contribution is -2.05. The monoisotopic (exact) mass is 257 g/mol. The molecule has 0 atom stereocenters. The molecule has 1 amide bonds. The number of hydrogen-bond acceptors (Lipinski definition) is 1. The molecule has 1 rings (SSSR count). The zero-order valence-corrected chi connectivity index (χ0v) is 10.6. The van der Waals surface area contributed by atoms with Crippen LogP contribution >= 0.6 is 15.9 Å². The summed E-state index contributed by atoms with van der Waals surface area (Å²) in [7, 11) is 0. The molecule has 78 valence electrons. The molecule has 0 aromatic heterocycles. The summed E-state index contributed by atoms with van der Waals surface area (Å²) < 4.78 is 0.978. The summed E-state index contributed by atoms with van der Waals surface area (Å²) in [6.45, 7) is 7.48. The van der Waals surface area contributed by atoms with Crippen LogP contribution in [0.5, 0.6) is 0 Å². The molecule has 0 heterocycles. The van der Waals surface area contributed by atoms with Crippen molar-refractivity contribution >= 4 is 27.5 Å². The third-order valence-corrected chi connectivity index (χ3v) is 1.82. The fourth-order valence-corrected chi connectivity index (χ4v) is 1.62. The van der Waals surface area contributed by atoms with E-state index in [1.807, 2.05) is 39.0 Å². The van der Waals surface area contributed by atoms with Crippen LogP contribution in [0.2, 0.25) is 0 Å². The minimum atomic E-state index is -0.0486. The SMILES string of the molecule is CC.CC(=O)Nc1cc(C)cc(Br)c1. The van der Waals surface area contributed by atoms with Gasteiger partial charge in [0.25, 0.3) is 0 Å². The molecule has 0 aliphatic heterocycles. The topological polar surface area (TPSA) is 29.1 Å². The second kappa shape index (κ2) is 6.60. The third kappa shape index (κ3) is 5.02. The lowest BCUT2D eigenvalue weighted by molar-refractivity contribution is -0.114. The van der Waals surface area contributed by atoms with Crippen LogP contribution in [0.1, 0.15) is 26.3 Å². The number of rotatable bonds is 1. The highest BCUT2D eigenvalue weighted by Crippen LogP contribution is 2.18. The van der Waals surface area contributed by atoms with Crippen LogP contribution in [-0.2, 0) is 4.79 Å². The summed E-state index contributed by atoms with van der Waals surface area (Å²) in [4.78, 5) is 10.7. The molecule has 3 heteroatoms. The Morgan fingerprint density at radius 3 is 2.29 bits per heavy atom. The molecule has 0 radical (unpaired) electrons. The number of nitrogens with one attached hydrogen (secondary N) is 1. The van der Waals surface area contributed by atoms with E-state index in [0.717, 1.165) is 15.7 Å². The Balaban J connectivity index is 0.000000791. The molecule has 1 aromatic carbocycles. The van der Waals surface area contributed by atoms with Crippen LogP contribution in [0.3, 0.4) is 0 Å². The van der Waals surface area contributed by atoms with E-state index in [2.05, 4.69) is 21.2 Å². The highest BCUT2D eigenvalue weighted by atomic mass is 79.9. The van der Waals surface area contributed by atoms with Gasteiger partial charge in [0.05, 0.1) is 0 Å². The Labute approximate surface area is 93.8 Å². The number of hydrogen-bond donors (Lipinski definition) is 1. The van der Waals surface area contributed by atoms with Gasteiger partial charge in [-0.2, -0.15) is 0 Å². The number of amides is 1. The molecule has 0 saturated carbocycles. The first-order valence-corrected chi connectivity index (χ1v) is 5.42. The van der Waals surface area contributed by atoms with Gasteiger partial charge in [0, 0.05) is 17.1 Å². The number of halogens is 1. The van der Waals surface area contributed by atoms with Crippen molar-refractivity contribution < 1.29 is 4.79 Å². The van der Waals surface area contributed by atoms with Gasteiger partial charge in [-0.15, -0.1) is 0 Å². The average molecular weight is 258 g/mol. The molecule has 0 unspecified atom stereocenters. The highest BCUT2D eigenvalue weighted by Gasteiger charge is 1.97. The first-order chi connectivity index (χ1) is 6.58. The molecule has 1 aromatic rings. The van der Waals surface area contributed by atoms with Gasteiger partial charge >= 0.3 is 0 Å². The zero-order chi connectivity index (χ0) is 11.1. The minimum Gasteiger partial charge on any atom is -0.326 e. The molecule has 0 saturated heterocycles. The Kier molecular flexibility index (Phi) is 6.21. The van der Waals surface area contributed by atoms with Gasteiger partial charge < -0.3 is 5.32 Å². The van der Waals surface area contributed by atoms with Crippen molar-refractivity contribution in [1.82, 2.24) is 0 Å². The van der Waals surface area contributed by atoms with Gasteiger partial charge in [-0.3, -0.25) is 4.79 Å². The molecular formula is C11H16BrNO. The van der Waals surface area contributed by atoms with Crippen molar-refractivity contribution in [1.29, 1.82) is 0 Å². The molecule has 2 nitrogen and oxygen atoms in total. The first-order valence-electron chi connectivity index (χ1n) is 4.63. The van der Waals surface area contributed by atoms with Crippen molar-refractivity contribution in [2.75, 3.05) is 5.32 Å². The number of aryl methyl sites for hydroxylation is 1. The van der Waals surface area contributed by atoms with E-state index in [1.165, 1.54) is 6.92 Å². The quantitative estimate of drug-likeness (QED) is 0.816. The molecule has 14 heavy (non-hydrogen) atoms. The number of anilines is 1. The summed E-state index contributed by atoms with van der Waals surface area (Å²) in [5.41, 5.74) is 1.95. The first kappa shape index (κ1) is 13.2. The maximum absolute atomic E-state index is 10.7. The van der Waals surface area contributed by atoms with Crippen LogP contribution in [0.25, 0.3) is 0 Å². The predicted molar refractivity (Wildman–Crippen MR) is 64.5 cm³/mol. The second-order valence-corrected chi connectivity index (χ2v) is 3.61. The Hall–Kier alpha value is -0.830. The summed E-state index contributed by atoms with van der Waals surface area (Å²) in [6, 6.07) is 5.78. The van der Waals surface area contributed by atoms with Gasteiger partial charge in [0.1, 0.15) is 0 Å². The van der Waals surface area contributed by atoms with Gasteiger partial charge in [0.2, 0.25) is 5.91 Å². The van der Waals surface area contributed by atoms with E-state index in [4.69, 9.17) is 0 Å². The van der Waals surface area contributed by atoms with E-state index in [1.54, 1.807) is 0 Å². The van der Waals surface area contributed by atoms with Crippen LogP contribution in [0.15, 0.2) is 22.7 Å². The Morgan fingerprint density at radius 2 is 1.86 bits per heavy atom. The smallest absolute Gasteiger partial charge is 0.221 e. The maximum Gasteiger partial charge on any atom is 0.221 e. The normalized spacial score (nSPS) is 8.64. The molecule has 0 spiro atoms. The van der Waals surface area contributed by atoms with E-state index in [0.29, 0.717) is 0 Å². The van der Waals surface area contributed by atoms with E-state index in [9.17, 15) is 4.79 Å². The van der Waals surface area contributed by atoms with Gasteiger partial charge in [-0.05, 0) is 30.7 Å². The van der Waals surface area contributed by atoms with Crippen molar-refractivity contribution in [3.8, 4) is 0 Å². The van der Waals surface area contributed by atoms with Crippen LogP contribution in [0.4, 0.5) is 5.69 Å². The Bertz CT molecular complexity index is 290. The van der Waals surface area contributed by atoms with Gasteiger partial charge in [-0.25, -0.2) is 0 Å². The fourth-order valence-electron chi connectivity index (χ4n) is 1.01. The average Bonchev–Trinajstić information content (AvgIpc) is 2.04. The fraction of sp³-hybridized carbons (Fsp3) is 0.364. The van der Waals surface area contributed by atoms with Crippen molar-refractivity contribution in [3.05, 3.63) is 28.2 Å². The van der Waals surface area contributed by atoms with Crippen molar-refractivity contribution in [2.24, 2.45) is 0 Å². The molecule has 0 bridgehead atoms. The van der Waals surface area contributed by atoms with Gasteiger partial charge in [0.15, 0.2) is 0 Å². The third-order valence-electron chi connectivity index (χ3n) is 1.36. The van der Waals surface area contributed by atoms with Crippen LogP contribution in [0, 0.1) is 6.92 Å². The Morgan fingerprint density at radius 1 is 1.29 bits per heavy atom. The summed E-state index contributed by atoms with van der Waals surface area (Å²) in [5, 5.41) is 2.72. The largest absolute Gasteiger partial charge is 0.326 e.